The Labute approximate surface area is 173 Å². The molecule has 3 heterocycles. The molecule has 0 N–H and O–H groups in total. The minimum Gasteiger partial charge on any atom is -0.365 e. The highest BCUT2D eigenvalue weighted by molar-refractivity contribution is 7.92. The topological polar surface area (TPSA) is 46.6 Å². The number of rotatable bonds is 4. The monoisotopic (exact) mass is 409 g/mol. The molecule has 5 heteroatoms. The van der Waals surface area contributed by atoms with Gasteiger partial charge < -0.3 is 9.64 Å². The Hall–Kier alpha value is -1.95. The zero-order valence-electron chi connectivity index (χ0n) is 16.6. The van der Waals surface area contributed by atoms with Gasteiger partial charge in [0.2, 0.25) is 0 Å². The Kier molecular flexibility index (Phi) is 4.85. The maximum atomic E-state index is 12.3. The number of nitrogens with zero attached hydrogens (tertiary/aromatic N) is 1. The van der Waals surface area contributed by atoms with E-state index in [0.29, 0.717) is 4.90 Å². The number of piperidine rings is 1. The highest BCUT2D eigenvalue weighted by Gasteiger charge is 2.42. The molecule has 3 aliphatic heterocycles. The van der Waals surface area contributed by atoms with Crippen molar-refractivity contribution < 1.29 is 13.2 Å². The Bertz CT molecular complexity index is 1050. The van der Waals surface area contributed by atoms with Gasteiger partial charge in [0.05, 0.1) is 22.9 Å². The summed E-state index contributed by atoms with van der Waals surface area (Å²) >= 11 is 0. The van der Waals surface area contributed by atoms with E-state index in [1.807, 2.05) is 12.1 Å². The van der Waals surface area contributed by atoms with Gasteiger partial charge in [0.1, 0.15) is 0 Å². The fraction of sp³-hybridized carbons (Fsp3) is 0.417. The Balaban J connectivity index is 1.15. The lowest BCUT2D eigenvalue weighted by Gasteiger charge is -2.39. The molecule has 152 valence electrons. The lowest BCUT2D eigenvalue weighted by Crippen LogP contribution is -2.42. The first-order chi connectivity index (χ1) is 14.1. The number of fused-ring (bicyclic) bond motifs is 3. The van der Waals surface area contributed by atoms with Gasteiger partial charge in [-0.3, -0.25) is 0 Å². The molecule has 4 nitrogen and oxygen atoms in total. The second-order valence-corrected chi connectivity index (χ2v) is 10.4. The fourth-order valence-electron chi connectivity index (χ4n) is 5.06. The first kappa shape index (κ1) is 19.0. The van der Waals surface area contributed by atoms with Crippen LogP contribution < -0.4 is 0 Å². The molecule has 3 aliphatic rings. The highest BCUT2D eigenvalue weighted by atomic mass is 32.2. The van der Waals surface area contributed by atoms with Gasteiger partial charge in [0, 0.05) is 13.1 Å². The molecular weight excluding hydrogens is 382 g/mol. The Morgan fingerprint density at radius 1 is 1.03 bits per heavy atom. The van der Waals surface area contributed by atoms with E-state index < -0.39 is 9.84 Å². The summed E-state index contributed by atoms with van der Waals surface area (Å²) in [4.78, 5) is 3.01. The second kappa shape index (κ2) is 7.38. The van der Waals surface area contributed by atoms with Crippen molar-refractivity contribution in [2.45, 2.75) is 42.8 Å². The molecule has 1 spiro atoms. The predicted molar refractivity (Wildman–Crippen MR) is 114 cm³/mol. The van der Waals surface area contributed by atoms with E-state index >= 15 is 0 Å². The van der Waals surface area contributed by atoms with Gasteiger partial charge in [0.25, 0.3) is 0 Å². The summed E-state index contributed by atoms with van der Waals surface area (Å²) in [7, 11) is -3.14. The molecule has 0 unspecified atom stereocenters. The molecule has 0 atom stereocenters. The van der Waals surface area contributed by atoms with Crippen LogP contribution in [0.4, 0.5) is 0 Å². The first-order valence-electron chi connectivity index (χ1n) is 10.5. The van der Waals surface area contributed by atoms with Crippen LogP contribution in [0.25, 0.3) is 5.57 Å². The second-order valence-electron chi connectivity index (χ2n) is 8.41. The number of hydrogen-bond donors (Lipinski definition) is 0. The normalized spacial score (nSPS) is 23.4. The lowest BCUT2D eigenvalue weighted by molar-refractivity contribution is -0.0787. The maximum Gasteiger partial charge on any atom is 0.183 e. The number of unbranched alkanes of at least 4 members (excludes halogenated alkanes) is 1. The number of hydrogen-bond acceptors (Lipinski definition) is 4. The van der Waals surface area contributed by atoms with E-state index in [-0.39, 0.29) is 11.4 Å². The average Bonchev–Trinajstić information content (AvgIpc) is 3.22. The van der Waals surface area contributed by atoms with Crippen molar-refractivity contribution in [3.8, 4) is 0 Å². The van der Waals surface area contributed by atoms with E-state index in [4.69, 9.17) is 4.74 Å². The summed E-state index contributed by atoms with van der Waals surface area (Å²) in [6.45, 7) is 3.91. The third kappa shape index (κ3) is 3.45. The van der Waals surface area contributed by atoms with Crippen molar-refractivity contribution in [1.29, 1.82) is 0 Å². The summed E-state index contributed by atoms with van der Waals surface area (Å²) < 4.78 is 30.8. The molecule has 0 bridgehead atoms. The lowest BCUT2D eigenvalue weighted by atomic mass is 9.84. The molecule has 0 saturated carbocycles. The van der Waals surface area contributed by atoms with E-state index in [0.717, 1.165) is 63.1 Å². The molecule has 0 aliphatic carbocycles. The van der Waals surface area contributed by atoms with Gasteiger partial charge in [-0.1, -0.05) is 48.5 Å². The van der Waals surface area contributed by atoms with Gasteiger partial charge in [-0.25, -0.2) is 8.42 Å². The van der Waals surface area contributed by atoms with Crippen LogP contribution in [-0.4, -0.2) is 38.7 Å². The third-order valence-corrected chi connectivity index (χ3v) is 8.38. The quantitative estimate of drug-likeness (QED) is 0.712. The van der Waals surface area contributed by atoms with Crippen LogP contribution in [0.15, 0.2) is 59.5 Å². The van der Waals surface area contributed by atoms with Crippen LogP contribution in [0.2, 0.25) is 0 Å². The molecule has 0 radical (unpaired) electrons. The van der Waals surface area contributed by atoms with Crippen molar-refractivity contribution >= 4 is 15.4 Å². The molecule has 29 heavy (non-hydrogen) atoms. The number of ether oxygens (including phenoxy) is 1. The molecule has 2 aromatic rings. The minimum atomic E-state index is -3.14. The predicted octanol–water partition coefficient (Wildman–Crippen LogP) is 4.16. The SMILES string of the molecule is O=S1(=O)CC(=CCCCN2CCC3(CC2)OCc2ccccc23)c2ccccc21. The van der Waals surface area contributed by atoms with Crippen LogP contribution >= 0.6 is 0 Å². The van der Waals surface area contributed by atoms with E-state index in [9.17, 15) is 8.42 Å². The number of benzene rings is 2. The van der Waals surface area contributed by atoms with Crippen LogP contribution in [0.5, 0.6) is 0 Å². The number of allylic oxidation sites excluding steroid dienone is 1. The Morgan fingerprint density at radius 3 is 2.66 bits per heavy atom. The summed E-state index contributed by atoms with van der Waals surface area (Å²) in [5.74, 6) is 0.148. The summed E-state index contributed by atoms with van der Waals surface area (Å²) in [6.07, 6.45) is 6.20. The van der Waals surface area contributed by atoms with Crippen molar-refractivity contribution in [2.24, 2.45) is 0 Å². The summed E-state index contributed by atoms with van der Waals surface area (Å²) in [5.41, 5.74) is 4.53. The van der Waals surface area contributed by atoms with E-state index in [2.05, 4.69) is 35.2 Å². The fourth-order valence-corrected chi connectivity index (χ4v) is 6.72. The minimum absolute atomic E-state index is 0.0724. The van der Waals surface area contributed by atoms with E-state index in [1.54, 1.807) is 12.1 Å². The number of sulfone groups is 1. The Morgan fingerprint density at radius 2 is 1.79 bits per heavy atom. The summed E-state index contributed by atoms with van der Waals surface area (Å²) in [6, 6.07) is 16.0. The van der Waals surface area contributed by atoms with Gasteiger partial charge in [-0.05, 0) is 60.6 Å². The zero-order valence-corrected chi connectivity index (χ0v) is 17.5. The molecule has 0 amide bonds. The van der Waals surface area contributed by atoms with Gasteiger partial charge in [0.15, 0.2) is 9.84 Å². The molecule has 5 rings (SSSR count). The highest BCUT2D eigenvalue weighted by Crippen LogP contribution is 2.44. The van der Waals surface area contributed by atoms with Crippen LogP contribution in [0.3, 0.4) is 0 Å². The largest absolute Gasteiger partial charge is 0.365 e. The first-order valence-corrected chi connectivity index (χ1v) is 12.2. The molecule has 1 saturated heterocycles. The molecular formula is C24H27NO3S. The molecule has 1 fully saturated rings. The van der Waals surface area contributed by atoms with Crippen molar-refractivity contribution in [3.05, 3.63) is 71.3 Å². The van der Waals surface area contributed by atoms with Crippen LogP contribution in [0, 0.1) is 0 Å². The van der Waals surface area contributed by atoms with E-state index in [1.165, 1.54) is 11.1 Å². The van der Waals surface area contributed by atoms with Crippen LogP contribution in [0.1, 0.15) is 42.4 Å². The van der Waals surface area contributed by atoms with Gasteiger partial charge >= 0.3 is 0 Å². The summed E-state index contributed by atoms with van der Waals surface area (Å²) in [5, 5.41) is 0. The number of likely N-dealkylation sites (tertiary alicyclic amines) is 1. The molecule has 0 aromatic heterocycles. The van der Waals surface area contributed by atoms with Crippen molar-refractivity contribution in [2.75, 3.05) is 25.4 Å². The van der Waals surface area contributed by atoms with Crippen molar-refractivity contribution in [1.82, 2.24) is 4.90 Å². The van der Waals surface area contributed by atoms with Gasteiger partial charge in [-0.2, -0.15) is 0 Å². The zero-order chi connectivity index (χ0) is 19.9. The van der Waals surface area contributed by atoms with Gasteiger partial charge in [-0.15, -0.1) is 0 Å². The molecule has 2 aromatic carbocycles. The maximum absolute atomic E-state index is 12.3. The smallest absolute Gasteiger partial charge is 0.183 e. The standard InChI is InChI=1S/C24H27NO3S/c26-29(27)18-20(21-9-2-4-11-23(21)29)8-5-6-14-25-15-12-24(13-16-25)22-10-3-1-7-19(22)17-28-24/h1-4,7-11H,5-6,12-18H2. The van der Waals surface area contributed by atoms with Crippen molar-refractivity contribution in [3.63, 3.8) is 0 Å². The third-order valence-electron chi connectivity index (χ3n) is 6.66. The average molecular weight is 410 g/mol. The van der Waals surface area contributed by atoms with Crippen LogP contribution in [-0.2, 0) is 26.8 Å².